The first-order chi connectivity index (χ1) is 8.32. The summed E-state index contributed by atoms with van der Waals surface area (Å²) in [5.41, 5.74) is -1.91. The first-order valence-corrected chi connectivity index (χ1v) is 6.83. The Kier molecular flexibility index (Phi) is 2.95. The molecule has 1 saturated carbocycles. The van der Waals surface area contributed by atoms with E-state index < -0.39 is 16.4 Å². The molecule has 4 nitrogen and oxygen atoms in total. The average molecular weight is 253 g/mol. The maximum Gasteiger partial charge on any atom is 0.313 e. The molecule has 2 unspecified atom stereocenters. The molecule has 1 N–H and O–H groups in total. The number of nitrogens with one attached hydrogen (secondary N) is 1. The van der Waals surface area contributed by atoms with Crippen LogP contribution in [0, 0.1) is 10.8 Å². The van der Waals surface area contributed by atoms with E-state index in [0.29, 0.717) is 13.0 Å². The van der Waals surface area contributed by atoms with Crippen molar-refractivity contribution in [3.05, 3.63) is 0 Å². The van der Waals surface area contributed by atoms with Gasteiger partial charge < -0.3 is 10.1 Å². The first-order valence-electron chi connectivity index (χ1n) is 6.83. The molecule has 0 radical (unpaired) electrons. The maximum absolute atomic E-state index is 12.4. The van der Waals surface area contributed by atoms with Crippen LogP contribution in [0.15, 0.2) is 0 Å². The Morgan fingerprint density at radius 2 is 2.00 bits per heavy atom. The fraction of sp³-hybridized carbons (Fsp3) is 0.857. The summed E-state index contributed by atoms with van der Waals surface area (Å²) in [7, 11) is 0. The molecule has 2 rings (SSSR count). The van der Waals surface area contributed by atoms with Gasteiger partial charge in [0, 0.05) is 12.0 Å². The van der Waals surface area contributed by atoms with Crippen molar-refractivity contribution in [3.8, 4) is 0 Å². The SMILES string of the molecule is CCCCNC(=O)C12CCC(C)(C(=O)O1)C2(C)C. The highest BCUT2D eigenvalue weighted by Gasteiger charge is 2.75. The lowest BCUT2D eigenvalue weighted by Crippen LogP contribution is -2.53. The minimum atomic E-state index is -0.952. The van der Waals surface area contributed by atoms with E-state index in [1.165, 1.54) is 0 Å². The molecule has 0 aromatic heterocycles. The highest BCUT2D eigenvalue weighted by Crippen LogP contribution is 2.65. The molecule has 2 aliphatic rings. The Labute approximate surface area is 108 Å². The summed E-state index contributed by atoms with van der Waals surface area (Å²) in [5.74, 6) is -0.333. The summed E-state index contributed by atoms with van der Waals surface area (Å²) in [6, 6.07) is 0. The smallest absolute Gasteiger partial charge is 0.313 e. The standard InChI is InChI=1S/C14H23NO3/c1-5-6-9-15-10(16)14-8-7-13(4,11(17)18-14)12(14,2)3/h5-9H2,1-4H3,(H,15,16). The molecule has 0 aromatic carbocycles. The normalized spacial score (nSPS) is 36.6. The van der Waals surface area contributed by atoms with Crippen molar-refractivity contribution in [3.63, 3.8) is 0 Å². The second kappa shape index (κ2) is 3.97. The topological polar surface area (TPSA) is 55.4 Å². The van der Waals surface area contributed by atoms with Gasteiger partial charge in [0.2, 0.25) is 0 Å². The van der Waals surface area contributed by atoms with Gasteiger partial charge in [-0.3, -0.25) is 9.59 Å². The van der Waals surface area contributed by atoms with Crippen LogP contribution in [0.3, 0.4) is 0 Å². The molecule has 1 saturated heterocycles. The highest BCUT2D eigenvalue weighted by molar-refractivity contribution is 5.96. The molecule has 0 spiro atoms. The van der Waals surface area contributed by atoms with Crippen molar-refractivity contribution >= 4 is 11.9 Å². The molecule has 0 aromatic rings. The van der Waals surface area contributed by atoms with Crippen LogP contribution in [0.4, 0.5) is 0 Å². The van der Waals surface area contributed by atoms with E-state index in [4.69, 9.17) is 4.74 Å². The van der Waals surface area contributed by atoms with E-state index in [2.05, 4.69) is 12.2 Å². The minimum Gasteiger partial charge on any atom is -0.448 e. The summed E-state index contributed by atoms with van der Waals surface area (Å²) in [6.45, 7) is 8.61. The van der Waals surface area contributed by atoms with Crippen LogP contribution in [0.2, 0.25) is 0 Å². The summed E-state index contributed by atoms with van der Waals surface area (Å²) in [5, 5.41) is 2.92. The second-order valence-electron chi connectivity index (χ2n) is 6.28. The zero-order chi connectivity index (χ0) is 13.6. The van der Waals surface area contributed by atoms with Crippen LogP contribution in [0.25, 0.3) is 0 Å². The lowest BCUT2D eigenvalue weighted by Gasteiger charge is -2.35. The minimum absolute atomic E-state index is 0.115. The van der Waals surface area contributed by atoms with E-state index in [0.717, 1.165) is 19.3 Å². The van der Waals surface area contributed by atoms with Crippen LogP contribution in [0.5, 0.6) is 0 Å². The van der Waals surface area contributed by atoms with Crippen molar-refractivity contribution in [2.24, 2.45) is 10.8 Å². The Morgan fingerprint density at radius 1 is 1.33 bits per heavy atom. The van der Waals surface area contributed by atoms with Crippen molar-refractivity contribution in [1.29, 1.82) is 0 Å². The molecule has 1 aliphatic carbocycles. The number of rotatable bonds is 4. The van der Waals surface area contributed by atoms with Crippen LogP contribution in [-0.4, -0.2) is 24.0 Å². The van der Waals surface area contributed by atoms with E-state index in [1.807, 2.05) is 20.8 Å². The number of amides is 1. The largest absolute Gasteiger partial charge is 0.448 e. The van der Waals surface area contributed by atoms with Gasteiger partial charge in [-0.2, -0.15) is 0 Å². The van der Waals surface area contributed by atoms with Gasteiger partial charge in [0.25, 0.3) is 5.91 Å². The van der Waals surface area contributed by atoms with E-state index in [9.17, 15) is 9.59 Å². The van der Waals surface area contributed by atoms with Gasteiger partial charge in [0.15, 0.2) is 5.60 Å². The van der Waals surface area contributed by atoms with Gasteiger partial charge >= 0.3 is 5.97 Å². The molecule has 2 fully saturated rings. The van der Waals surface area contributed by atoms with Gasteiger partial charge in [-0.15, -0.1) is 0 Å². The number of hydrogen-bond acceptors (Lipinski definition) is 3. The molecule has 1 amide bonds. The number of carbonyl (C=O) groups is 2. The van der Waals surface area contributed by atoms with Gasteiger partial charge in [0.1, 0.15) is 0 Å². The predicted octanol–water partition coefficient (Wildman–Crippen LogP) is 2.02. The van der Waals surface area contributed by atoms with Crippen molar-refractivity contribution in [2.75, 3.05) is 6.54 Å². The number of hydrogen-bond donors (Lipinski definition) is 1. The fourth-order valence-corrected chi connectivity index (χ4v) is 3.27. The van der Waals surface area contributed by atoms with Crippen molar-refractivity contribution in [2.45, 2.75) is 59.0 Å². The fourth-order valence-electron chi connectivity index (χ4n) is 3.27. The Morgan fingerprint density at radius 3 is 2.44 bits per heavy atom. The lowest BCUT2D eigenvalue weighted by atomic mass is 9.66. The first kappa shape index (κ1) is 13.4. The van der Waals surface area contributed by atoms with Gasteiger partial charge in [-0.05, 0) is 26.2 Å². The molecule has 1 heterocycles. The zero-order valence-corrected chi connectivity index (χ0v) is 11.8. The van der Waals surface area contributed by atoms with Crippen molar-refractivity contribution < 1.29 is 14.3 Å². The summed E-state index contributed by atoms with van der Waals surface area (Å²) < 4.78 is 5.51. The van der Waals surface area contributed by atoms with Gasteiger partial charge in [-0.1, -0.05) is 27.2 Å². The number of unbranched alkanes of at least 4 members (excludes halogenated alkanes) is 1. The second-order valence-corrected chi connectivity index (χ2v) is 6.28. The summed E-state index contributed by atoms with van der Waals surface area (Å²) >= 11 is 0. The molecule has 2 atom stereocenters. The van der Waals surface area contributed by atoms with E-state index in [1.54, 1.807) is 0 Å². The molecular formula is C14H23NO3. The Bertz CT molecular complexity index is 391. The molecular weight excluding hydrogens is 230 g/mol. The van der Waals surface area contributed by atoms with Crippen LogP contribution in [0.1, 0.15) is 53.4 Å². The number of esters is 1. The van der Waals surface area contributed by atoms with Crippen molar-refractivity contribution in [1.82, 2.24) is 5.32 Å². The highest BCUT2D eigenvalue weighted by atomic mass is 16.6. The predicted molar refractivity (Wildman–Crippen MR) is 67.9 cm³/mol. The quantitative estimate of drug-likeness (QED) is 0.616. The molecule has 18 heavy (non-hydrogen) atoms. The monoisotopic (exact) mass is 253 g/mol. The third-order valence-electron chi connectivity index (χ3n) is 5.27. The number of fused-ring (bicyclic) bond motifs is 2. The molecule has 1 aliphatic heterocycles. The third-order valence-corrected chi connectivity index (χ3v) is 5.27. The molecule has 102 valence electrons. The third kappa shape index (κ3) is 1.38. The van der Waals surface area contributed by atoms with Crippen LogP contribution >= 0.6 is 0 Å². The Hall–Kier alpha value is -1.06. The maximum atomic E-state index is 12.4. The van der Waals surface area contributed by atoms with Crippen LogP contribution < -0.4 is 5.32 Å². The molecule has 2 bridgehead atoms. The molecule has 4 heteroatoms. The zero-order valence-electron chi connectivity index (χ0n) is 11.8. The summed E-state index contributed by atoms with van der Waals surface area (Å²) in [6.07, 6.45) is 3.36. The van der Waals surface area contributed by atoms with Gasteiger partial charge in [-0.25, -0.2) is 0 Å². The lowest BCUT2D eigenvalue weighted by molar-refractivity contribution is -0.168. The number of carbonyl (C=O) groups excluding carboxylic acids is 2. The number of ether oxygens (including phenoxy) is 1. The summed E-state index contributed by atoms with van der Waals surface area (Å²) in [4.78, 5) is 24.4. The Balaban J connectivity index is 2.22. The van der Waals surface area contributed by atoms with E-state index >= 15 is 0 Å². The average Bonchev–Trinajstić information content (AvgIpc) is 2.59. The van der Waals surface area contributed by atoms with E-state index in [-0.39, 0.29) is 11.9 Å². The van der Waals surface area contributed by atoms with Gasteiger partial charge in [0.05, 0.1) is 5.41 Å². The van der Waals surface area contributed by atoms with Crippen LogP contribution in [-0.2, 0) is 14.3 Å².